The Kier molecular flexibility index (Phi) is 8.49. The van der Waals surface area contributed by atoms with E-state index in [0.717, 1.165) is 16.9 Å². The van der Waals surface area contributed by atoms with Gasteiger partial charge in [0, 0.05) is 22.0 Å². The predicted molar refractivity (Wildman–Crippen MR) is 130 cm³/mol. The minimum atomic E-state index is -0.441. The summed E-state index contributed by atoms with van der Waals surface area (Å²) in [5.74, 6) is 0.0588. The molecule has 0 atom stereocenters. The van der Waals surface area contributed by atoms with Crippen molar-refractivity contribution in [2.75, 3.05) is 17.7 Å². The number of carbonyl (C=O) groups excluding carboxylic acids is 2. The molecule has 2 heterocycles. The van der Waals surface area contributed by atoms with Crippen molar-refractivity contribution < 1.29 is 14.3 Å². The molecule has 0 saturated carbocycles. The number of amides is 1. The number of aromatic nitrogens is 3. The van der Waals surface area contributed by atoms with Gasteiger partial charge in [0.05, 0.1) is 17.9 Å². The Labute approximate surface area is 199 Å². The molecule has 0 spiro atoms. The van der Waals surface area contributed by atoms with Crippen LogP contribution in [0.4, 0.5) is 5.00 Å². The topological polar surface area (TPSA) is 86.1 Å². The van der Waals surface area contributed by atoms with E-state index >= 15 is 0 Å². The lowest BCUT2D eigenvalue weighted by atomic mass is 10.2. The first-order chi connectivity index (χ1) is 15.5. The lowest BCUT2D eigenvalue weighted by Gasteiger charge is -2.08. The zero-order valence-corrected chi connectivity index (χ0v) is 20.1. The SMILES string of the molecule is C=CCn1c(SCC(=O)Nc2sc(CC)cc2C(=O)OCC)nnc1-c1cccc(Cl)c1. The second-order valence-electron chi connectivity index (χ2n) is 6.58. The Morgan fingerprint density at radius 2 is 2.12 bits per heavy atom. The van der Waals surface area contributed by atoms with Crippen molar-refractivity contribution in [1.82, 2.24) is 14.8 Å². The molecule has 7 nitrogen and oxygen atoms in total. The lowest BCUT2D eigenvalue weighted by molar-refractivity contribution is -0.113. The summed E-state index contributed by atoms with van der Waals surface area (Å²) >= 11 is 8.74. The number of hydrogen-bond acceptors (Lipinski definition) is 7. The summed E-state index contributed by atoms with van der Waals surface area (Å²) in [6.45, 7) is 8.29. The molecule has 3 aromatic rings. The van der Waals surface area contributed by atoms with Crippen LogP contribution in [-0.4, -0.2) is 39.0 Å². The fraction of sp³-hybridized carbons (Fsp3) is 0.273. The van der Waals surface area contributed by atoms with E-state index in [1.54, 1.807) is 25.1 Å². The number of hydrogen-bond donors (Lipinski definition) is 1. The van der Waals surface area contributed by atoms with E-state index in [4.69, 9.17) is 16.3 Å². The first kappa shape index (κ1) is 24.0. The summed E-state index contributed by atoms with van der Waals surface area (Å²) in [7, 11) is 0. The normalized spacial score (nSPS) is 10.7. The molecule has 0 radical (unpaired) electrons. The van der Waals surface area contributed by atoms with Crippen LogP contribution in [0.3, 0.4) is 0 Å². The number of anilines is 1. The predicted octanol–water partition coefficient (Wildman–Crippen LogP) is 5.32. The van der Waals surface area contributed by atoms with Crippen LogP contribution in [0.2, 0.25) is 5.02 Å². The number of allylic oxidation sites excluding steroid dienone is 1. The van der Waals surface area contributed by atoms with Gasteiger partial charge in [0.15, 0.2) is 11.0 Å². The maximum Gasteiger partial charge on any atom is 0.341 e. The van der Waals surface area contributed by atoms with E-state index in [2.05, 4.69) is 22.1 Å². The highest BCUT2D eigenvalue weighted by Crippen LogP contribution is 2.30. The number of nitrogens with one attached hydrogen (secondary N) is 1. The number of nitrogens with zero attached hydrogens (tertiary/aromatic N) is 3. The van der Waals surface area contributed by atoms with E-state index in [1.165, 1.54) is 23.1 Å². The first-order valence-corrected chi connectivity index (χ1v) is 12.2. The van der Waals surface area contributed by atoms with Gasteiger partial charge in [-0.1, -0.05) is 48.5 Å². The fourth-order valence-corrected chi connectivity index (χ4v) is 4.83. The third-order valence-electron chi connectivity index (χ3n) is 4.32. The molecule has 1 aromatic carbocycles. The number of halogens is 1. The Morgan fingerprint density at radius 3 is 2.81 bits per heavy atom. The highest BCUT2D eigenvalue weighted by molar-refractivity contribution is 7.99. The maximum absolute atomic E-state index is 12.6. The molecule has 0 aliphatic heterocycles. The molecule has 0 unspecified atom stereocenters. The van der Waals surface area contributed by atoms with Crippen molar-refractivity contribution in [1.29, 1.82) is 0 Å². The number of carbonyl (C=O) groups is 2. The molecule has 0 aliphatic carbocycles. The van der Waals surface area contributed by atoms with Crippen LogP contribution in [0.1, 0.15) is 29.1 Å². The van der Waals surface area contributed by atoms with Crippen LogP contribution in [0, 0.1) is 0 Å². The molecule has 0 bridgehead atoms. The Balaban J connectivity index is 1.74. The number of benzene rings is 1. The molecular weight excluding hydrogens is 468 g/mol. The smallest absolute Gasteiger partial charge is 0.341 e. The van der Waals surface area contributed by atoms with E-state index in [0.29, 0.717) is 33.1 Å². The van der Waals surface area contributed by atoms with Gasteiger partial charge in [-0.15, -0.1) is 28.1 Å². The van der Waals surface area contributed by atoms with Crippen molar-refractivity contribution in [2.45, 2.75) is 32.0 Å². The van der Waals surface area contributed by atoms with Crippen LogP contribution >= 0.6 is 34.7 Å². The number of aryl methyl sites for hydroxylation is 1. The minimum absolute atomic E-state index is 0.104. The third kappa shape index (κ3) is 5.79. The Bertz CT molecular complexity index is 1130. The summed E-state index contributed by atoms with van der Waals surface area (Å²) in [5.41, 5.74) is 1.21. The van der Waals surface area contributed by atoms with Gasteiger partial charge in [-0.25, -0.2) is 4.79 Å². The van der Waals surface area contributed by atoms with Gasteiger partial charge in [0.2, 0.25) is 5.91 Å². The molecule has 0 aliphatic rings. The van der Waals surface area contributed by atoms with Crippen molar-refractivity contribution in [2.24, 2.45) is 0 Å². The van der Waals surface area contributed by atoms with Crippen LogP contribution in [-0.2, 0) is 22.5 Å². The molecular formula is C22H23ClN4O3S2. The highest BCUT2D eigenvalue weighted by Gasteiger charge is 2.20. The van der Waals surface area contributed by atoms with Crippen LogP contribution < -0.4 is 5.32 Å². The second-order valence-corrected chi connectivity index (χ2v) is 9.10. The maximum atomic E-state index is 12.6. The average Bonchev–Trinajstić information content (AvgIpc) is 3.37. The van der Waals surface area contributed by atoms with Gasteiger partial charge in [0.1, 0.15) is 5.00 Å². The van der Waals surface area contributed by atoms with Crippen molar-refractivity contribution in [3.8, 4) is 11.4 Å². The summed E-state index contributed by atoms with van der Waals surface area (Å²) in [6, 6.07) is 9.11. The molecule has 168 valence electrons. The third-order valence-corrected chi connectivity index (χ3v) is 6.72. The molecule has 2 aromatic heterocycles. The summed E-state index contributed by atoms with van der Waals surface area (Å²) in [6.07, 6.45) is 2.50. The van der Waals surface area contributed by atoms with Crippen LogP contribution in [0.15, 0.2) is 48.1 Å². The summed E-state index contributed by atoms with van der Waals surface area (Å²) in [4.78, 5) is 25.8. The minimum Gasteiger partial charge on any atom is -0.462 e. The molecule has 3 rings (SSSR count). The van der Waals surface area contributed by atoms with Crippen LogP contribution in [0.25, 0.3) is 11.4 Å². The zero-order valence-electron chi connectivity index (χ0n) is 17.8. The standard InChI is InChI=1S/C22H23ClN4O3S2/c1-4-10-27-19(14-8-7-9-15(23)11-14)25-26-22(27)31-13-18(28)24-20-17(21(29)30-6-3)12-16(5-2)32-20/h4,7-9,11-12H,1,5-6,10,13H2,2-3H3,(H,24,28). The van der Waals surface area contributed by atoms with Gasteiger partial charge in [0.25, 0.3) is 0 Å². The molecule has 1 amide bonds. The number of esters is 1. The molecule has 10 heteroatoms. The quantitative estimate of drug-likeness (QED) is 0.235. The Hall–Kier alpha value is -2.62. The number of ether oxygens (including phenoxy) is 1. The summed E-state index contributed by atoms with van der Waals surface area (Å²) in [5, 5.41) is 13.0. The number of thioether (sulfide) groups is 1. The van der Waals surface area contributed by atoms with Crippen molar-refractivity contribution in [3.05, 3.63) is 58.5 Å². The van der Waals surface area contributed by atoms with Gasteiger partial charge >= 0.3 is 5.97 Å². The van der Waals surface area contributed by atoms with Gasteiger partial charge < -0.3 is 10.1 Å². The zero-order chi connectivity index (χ0) is 23.1. The van der Waals surface area contributed by atoms with Gasteiger partial charge in [-0.05, 0) is 31.5 Å². The van der Waals surface area contributed by atoms with E-state index < -0.39 is 5.97 Å². The first-order valence-electron chi connectivity index (χ1n) is 9.99. The van der Waals surface area contributed by atoms with Gasteiger partial charge in [-0.2, -0.15) is 0 Å². The van der Waals surface area contributed by atoms with Gasteiger partial charge in [-0.3, -0.25) is 9.36 Å². The fourth-order valence-electron chi connectivity index (χ4n) is 2.89. The number of rotatable bonds is 10. The Morgan fingerprint density at radius 1 is 1.31 bits per heavy atom. The van der Waals surface area contributed by atoms with Crippen molar-refractivity contribution >= 4 is 51.6 Å². The average molecular weight is 491 g/mol. The largest absolute Gasteiger partial charge is 0.462 e. The molecule has 32 heavy (non-hydrogen) atoms. The molecule has 0 fully saturated rings. The highest BCUT2D eigenvalue weighted by atomic mass is 35.5. The van der Waals surface area contributed by atoms with Crippen LogP contribution in [0.5, 0.6) is 0 Å². The van der Waals surface area contributed by atoms with E-state index in [9.17, 15) is 9.59 Å². The number of thiophene rings is 1. The van der Waals surface area contributed by atoms with Crippen molar-refractivity contribution in [3.63, 3.8) is 0 Å². The lowest BCUT2D eigenvalue weighted by Crippen LogP contribution is -2.16. The molecule has 0 saturated heterocycles. The van der Waals surface area contributed by atoms with E-state index in [-0.39, 0.29) is 18.3 Å². The summed E-state index contributed by atoms with van der Waals surface area (Å²) < 4.78 is 6.98. The van der Waals surface area contributed by atoms with E-state index in [1.807, 2.05) is 29.7 Å². The monoisotopic (exact) mass is 490 g/mol. The second kappa shape index (κ2) is 11.3. The molecule has 1 N–H and O–H groups in total.